The second-order valence-corrected chi connectivity index (χ2v) is 4.82. The van der Waals surface area contributed by atoms with Gasteiger partial charge in [-0.15, -0.1) is 0 Å². The van der Waals surface area contributed by atoms with Gasteiger partial charge in [-0.3, -0.25) is 14.8 Å². The maximum atomic E-state index is 11.9. The van der Waals surface area contributed by atoms with Crippen molar-refractivity contribution in [2.24, 2.45) is 0 Å². The van der Waals surface area contributed by atoms with Crippen molar-refractivity contribution >= 4 is 5.78 Å². The monoisotopic (exact) mass is 262 g/mol. The highest BCUT2D eigenvalue weighted by molar-refractivity contribution is 5.26. The first kappa shape index (κ1) is 12.3. The van der Waals surface area contributed by atoms with Gasteiger partial charge in [0.25, 0.3) is 11.3 Å². The van der Waals surface area contributed by atoms with Crippen LogP contribution in [0.1, 0.15) is 19.0 Å². The van der Waals surface area contributed by atoms with Crippen molar-refractivity contribution in [3.63, 3.8) is 0 Å². The van der Waals surface area contributed by atoms with Crippen molar-refractivity contribution in [1.29, 1.82) is 0 Å². The van der Waals surface area contributed by atoms with Crippen LogP contribution in [0, 0.1) is 0 Å². The van der Waals surface area contributed by atoms with E-state index in [2.05, 4.69) is 32.2 Å². The lowest BCUT2D eigenvalue weighted by atomic mass is 10.2. The van der Waals surface area contributed by atoms with E-state index in [4.69, 9.17) is 0 Å². The summed E-state index contributed by atoms with van der Waals surface area (Å²) in [7, 11) is 0. The summed E-state index contributed by atoms with van der Waals surface area (Å²) in [5.74, 6) is 0.433. The highest BCUT2D eigenvalue weighted by Gasteiger charge is 2.21. The lowest BCUT2D eigenvalue weighted by Gasteiger charge is -2.26. The highest BCUT2D eigenvalue weighted by Crippen LogP contribution is 2.11. The SMILES string of the molecule is CCN(Cc1cc(=O)n2[nH]cnc2n1)C1CCNC1. The lowest BCUT2D eigenvalue weighted by molar-refractivity contribution is 0.208. The van der Waals surface area contributed by atoms with Crippen molar-refractivity contribution in [2.75, 3.05) is 19.6 Å². The first-order valence-electron chi connectivity index (χ1n) is 6.64. The zero-order chi connectivity index (χ0) is 13.2. The van der Waals surface area contributed by atoms with Gasteiger partial charge in [-0.1, -0.05) is 6.92 Å². The lowest BCUT2D eigenvalue weighted by Crippen LogP contribution is -2.36. The average Bonchev–Trinajstić information content (AvgIpc) is 3.06. The Morgan fingerprint density at radius 1 is 1.58 bits per heavy atom. The minimum Gasteiger partial charge on any atom is -0.315 e. The third-order valence-electron chi connectivity index (χ3n) is 3.64. The van der Waals surface area contributed by atoms with Crippen LogP contribution in [0.2, 0.25) is 0 Å². The fourth-order valence-corrected chi connectivity index (χ4v) is 2.61. The molecule has 0 aromatic carbocycles. The quantitative estimate of drug-likeness (QED) is 0.784. The zero-order valence-corrected chi connectivity index (χ0v) is 11.0. The molecule has 0 radical (unpaired) electrons. The van der Waals surface area contributed by atoms with Crippen molar-refractivity contribution in [1.82, 2.24) is 29.8 Å². The van der Waals surface area contributed by atoms with Gasteiger partial charge >= 0.3 is 0 Å². The summed E-state index contributed by atoms with van der Waals surface area (Å²) < 4.78 is 1.34. The van der Waals surface area contributed by atoms with E-state index in [-0.39, 0.29) is 5.56 Å². The Kier molecular flexibility index (Phi) is 3.31. The molecule has 7 heteroatoms. The van der Waals surface area contributed by atoms with E-state index in [0.29, 0.717) is 18.4 Å². The molecule has 0 bridgehead atoms. The molecule has 2 N–H and O–H groups in total. The molecule has 1 unspecified atom stereocenters. The second kappa shape index (κ2) is 5.10. The molecule has 3 rings (SSSR count). The van der Waals surface area contributed by atoms with Crippen molar-refractivity contribution in [3.8, 4) is 0 Å². The van der Waals surface area contributed by atoms with Crippen molar-refractivity contribution in [3.05, 3.63) is 28.4 Å². The van der Waals surface area contributed by atoms with E-state index in [1.165, 1.54) is 10.8 Å². The number of nitrogens with zero attached hydrogens (tertiary/aromatic N) is 4. The smallest absolute Gasteiger partial charge is 0.274 e. The minimum atomic E-state index is -0.113. The fraction of sp³-hybridized carbons (Fsp3) is 0.583. The van der Waals surface area contributed by atoms with Gasteiger partial charge in [0.1, 0.15) is 6.33 Å². The third-order valence-corrected chi connectivity index (χ3v) is 3.64. The van der Waals surface area contributed by atoms with E-state index >= 15 is 0 Å². The van der Waals surface area contributed by atoms with E-state index in [1.807, 2.05) is 0 Å². The van der Waals surface area contributed by atoms with E-state index in [9.17, 15) is 4.79 Å². The molecule has 19 heavy (non-hydrogen) atoms. The van der Waals surface area contributed by atoms with Crippen LogP contribution in [0.4, 0.5) is 0 Å². The van der Waals surface area contributed by atoms with E-state index in [0.717, 1.165) is 31.7 Å². The minimum absolute atomic E-state index is 0.113. The number of fused-ring (bicyclic) bond motifs is 1. The number of hydrogen-bond donors (Lipinski definition) is 2. The molecule has 0 saturated carbocycles. The number of nitrogens with one attached hydrogen (secondary N) is 2. The topological polar surface area (TPSA) is 78.3 Å². The number of aromatic nitrogens is 4. The fourth-order valence-electron chi connectivity index (χ4n) is 2.61. The standard InChI is InChI=1S/C12H18N6O/c1-2-17(10-3-4-13-6-10)7-9-5-11(19)18-12(16-9)14-8-15-18/h5,8,10,13H,2-4,6-7H2,1H3,(H,14,15,16). The predicted octanol–water partition coefficient (Wildman–Crippen LogP) is -0.399. The molecule has 1 fully saturated rings. The summed E-state index contributed by atoms with van der Waals surface area (Å²) in [6, 6.07) is 2.11. The molecule has 2 aromatic rings. The maximum absolute atomic E-state index is 11.9. The van der Waals surface area contributed by atoms with Crippen LogP contribution < -0.4 is 10.9 Å². The van der Waals surface area contributed by atoms with E-state index < -0.39 is 0 Å². The Bertz CT molecular complexity index is 612. The molecular weight excluding hydrogens is 244 g/mol. The average molecular weight is 262 g/mol. The Morgan fingerprint density at radius 2 is 2.47 bits per heavy atom. The summed E-state index contributed by atoms with van der Waals surface area (Å²) in [5.41, 5.74) is 0.670. The summed E-state index contributed by atoms with van der Waals surface area (Å²) in [4.78, 5) is 22.7. The molecule has 1 aliphatic heterocycles. The number of likely N-dealkylation sites (N-methyl/N-ethyl adjacent to an activating group) is 1. The van der Waals surface area contributed by atoms with Crippen LogP contribution in [-0.2, 0) is 6.54 Å². The van der Waals surface area contributed by atoms with Crippen LogP contribution in [0.5, 0.6) is 0 Å². The van der Waals surface area contributed by atoms with Crippen LogP contribution in [-0.4, -0.2) is 50.2 Å². The van der Waals surface area contributed by atoms with Crippen LogP contribution in [0.25, 0.3) is 5.78 Å². The Morgan fingerprint density at radius 3 is 3.21 bits per heavy atom. The van der Waals surface area contributed by atoms with Gasteiger partial charge < -0.3 is 5.32 Å². The molecule has 3 heterocycles. The molecule has 0 spiro atoms. The first-order valence-corrected chi connectivity index (χ1v) is 6.64. The Hall–Kier alpha value is -1.73. The van der Waals surface area contributed by atoms with Gasteiger partial charge in [-0.2, -0.15) is 4.52 Å². The van der Waals surface area contributed by atoms with Gasteiger partial charge in [0.15, 0.2) is 0 Å². The van der Waals surface area contributed by atoms with Gasteiger partial charge in [-0.05, 0) is 19.5 Å². The largest absolute Gasteiger partial charge is 0.315 e. The summed E-state index contributed by atoms with van der Waals surface area (Å²) in [6.07, 6.45) is 2.63. The molecule has 1 atom stereocenters. The maximum Gasteiger partial charge on any atom is 0.274 e. The van der Waals surface area contributed by atoms with Crippen molar-refractivity contribution < 1.29 is 0 Å². The van der Waals surface area contributed by atoms with Crippen LogP contribution in [0.3, 0.4) is 0 Å². The molecule has 1 saturated heterocycles. The summed E-state index contributed by atoms with van der Waals surface area (Å²) >= 11 is 0. The Balaban J connectivity index is 1.85. The van der Waals surface area contributed by atoms with Gasteiger partial charge in [0.05, 0.1) is 5.69 Å². The zero-order valence-electron chi connectivity index (χ0n) is 11.0. The van der Waals surface area contributed by atoms with Gasteiger partial charge in [-0.25, -0.2) is 9.97 Å². The molecule has 2 aromatic heterocycles. The number of H-pyrrole nitrogens is 1. The van der Waals surface area contributed by atoms with Gasteiger partial charge in [0.2, 0.25) is 0 Å². The molecule has 102 valence electrons. The number of hydrogen-bond acceptors (Lipinski definition) is 5. The third kappa shape index (κ3) is 2.39. The number of aromatic amines is 1. The van der Waals surface area contributed by atoms with E-state index in [1.54, 1.807) is 6.07 Å². The highest BCUT2D eigenvalue weighted by atomic mass is 16.1. The number of rotatable bonds is 4. The molecule has 1 aliphatic rings. The van der Waals surface area contributed by atoms with Crippen molar-refractivity contribution in [2.45, 2.75) is 25.9 Å². The van der Waals surface area contributed by atoms with Crippen LogP contribution in [0.15, 0.2) is 17.2 Å². The molecule has 7 nitrogen and oxygen atoms in total. The normalized spacial score (nSPS) is 19.6. The summed E-state index contributed by atoms with van der Waals surface area (Å²) in [5, 5.41) is 6.11. The van der Waals surface area contributed by atoms with Gasteiger partial charge in [0, 0.05) is 25.2 Å². The molecule has 0 amide bonds. The molecule has 0 aliphatic carbocycles. The predicted molar refractivity (Wildman–Crippen MR) is 71.0 cm³/mol. The Labute approximate surface area is 110 Å². The first-order chi connectivity index (χ1) is 9.28. The summed E-state index contributed by atoms with van der Waals surface area (Å²) in [6.45, 7) is 5.86. The van der Waals surface area contributed by atoms with Crippen LogP contribution >= 0.6 is 0 Å². The molecular formula is C12H18N6O. The second-order valence-electron chi connectivity index (χ2n) is 4.82.